The van der Waals surface area contributed by atoms with Gasteiger partial charge in [-0.2, -0.15) is 0 Å². The Bertz CT molecular complexity index is 537. The molecule has 2 rings (SSSR count). The van der Waals surface area contributed by atoms with Crippen molar-refractivity contribution in [2.75, 3.05) is 47.4 Å². The first-order valence-corrected chi connectivity index (χ1v) is 7.39. The quantitative estimate of drug-likeness (QED) is 0.726. The van der Waals surface area contributed by atoms with Gasteiger partial charge in [-0.05, 0) is 18.2 Å². The zero-order chi connectivity index (χ0) is 15.9. The number of hydrazine groups is 1. The normalized spacial score (nSPS) is 16.7. The third-order valence-corrected chi connectivity index (χ3v) is 3.74. The molecule has 0 aromatic heterocycles. The maximum Gasteiger partial charge on any atom is 0.258 e. The number of hydrogen-bond acceptors (Lipinski definition) is 4. The molecule has 0 unspecified atom stereocenters. The highest BCUT2D eigenvalue weighted by atomic mass is 16.5. The summed E-state index contributed by atoms with van der Waals surface area (Å²) in [6.07, 6.45) is 3.27. The fraction of sp³-hybridized carbons (Fsp3) is 0.438. The third-order valence-electron chi connectivity index (χ3n) is 3.74. The van der Waals surface area contributed by atoms with E-state index in [2.05, 4.69) is 12.5 Å². The summed E-state index contributed by atoms with van der Waals surface area (Å²) in [5.41, 5.74) is 3.73. The summed E-state index contributed by atoms with van der Waals surface area (Å²) in [6, 6.07) is 5.49. The molecule has 0 bridgehead atoms. The van der Waals surface area contributed by atoms with Crippen LogP contribution in [-0.2, 0) is 4.79 Å². The first kappa shape index (κ1) is 16.3. The molecule has 6 nitrogen and oxygen atoms in total. The number of rotatable bonds is 5. The summed E-state index contributed by atoms with van der Waals surface area (Å²) in [5.74, 6) is 1.27. The van der Waals surface area contributed by atoms with E-state index in [0.717, 1.165) is 37.5 Å². The first-order chi connectivity index (χ1) is 10.6. The number of quaternary nitrogens is 1. The lowest BCUT2D eigenvalue weighted by Crippen LogP contribution is -3.12. The second-order valence-corrected chi connectivity index (χ2v) is 5.36. The van der Waals surface area contributed by atoms with Crippen molar-refractivity contribution in [2.24, 2.45) is 0 Å². The fourth-order valence-corrected chi connectivity index (χ4v) is 2.31. The molecule has 1 heterocycles. The Balaban J connectivity index is 1.94. The van der Waals surface area contributed by atoms with Gasteiger partial charge in [-0.15, -0.1) is 0 Å². The van der Waals surface area contributed by atoms with Gasteiger partial charge in [0.15, 0.2) is 0 Å². The topological polar surface area (TPSA) is 55.2 Å². The summed E-state index contributed by atoms with van der Waals surface area (Å²) in [4.78, 5) is 13.5. The lowest BCUT2D eigenvalue weighted by atomic mass is 10.1. The molecule has 0 spiro atoms. The molecule has 0 aliphatic carbocycles. The molecule has 1 fully saturated rings. The van der Waals surface area contributed by atoms with Crippen molar-refractivity contribution in [2.45, 2.75) is 0 Å². The van der Waals surface area contributed by atoms with Crippen LogP contribution in [0.2, 0.25) is 0 Å². The number of nitrogens with one attached hydrogen (secondary N) is 2. The van der Waals surface area contributed by atoms with E-state index < -0.39 is 0 Å². The highest BCUT2D eigenvalue weighted by molar-refractivity contribution is 5.91. The smallest absolute Gasteiger partial charge is 0.258 e. The van der Waals surface area contributed by atoms with E-state index in [4.69, 9.17) is 9.47 Å². The van der Waals surface area contributed by atoms with Gasteiger partial charge in [-0.3, -0.25) is 10.2 Å². The van der Waals surface area contributed by atoms with Gasteiger partial charge in [0, 0.05) is 17.7 Å². The van der Waals surface area contributed by atoms with Gasteiger partial charge in [0.05, 0.1) is 47.4 Å². The average Bonchev–Trinajstić information content (AvgIpc) is 2.55. The minimum Gasteiger partial charge on any atom is -0.497 e. The second kappa shape index (κ2) is 7.82. The van der Waals surface area contributed by atoms with Crippen molar-refractivity contribution in [3.8, 4) is 11.5 Å². The fourth-order valence-electron chi connectivity index (χ4n) is 2.31. The predicted molar refractivity (Wildman–Crippen MR) is 84.9 cm³/mol. The van der Waals surface area contributed by atoms with Gasteiger partial charge in [0.25, 0.3) is 5.91 Å². The van der Waals surface area contributed by atoms with E-state index in [1.807, 2.05) is 17.1 Å². The molecule has 1 aliphatic heterocycles. The van der Waals surface area contributed by atoms with Crippen LogP contribution in [-0.4, -0.2) is 58.4 Å². The standard InChI is InChI=1S/C16H23N3O3/c1-18-8-10-19(11-9-18)17-16(20)7-5-13-4-6-14(21-2)12-15(13)22-3/h4-7,12H,8-11H2,1-3H3,(H,17,20)/p+1/b7-5+. The number of carbonyl (C=O) groups excluding carboxylic acids is 1. The van der Waals surface area contributed by atoms with Gasteiger partial charge >= 0.3 is 0 Å². The van der Waals surface area contributed by atoms with E-state index >= 15 is 0 Å². The monoisotopic (exact) mass is 306 g/mol. The van der Waals surface area contributed by atoms with E-state index in [-0.39, 0.29) is 5.91 Å². The zero-order valence-corrected chi connectivity index (χ0v) is 13.4. The van der Waals surface area contributed by atoms with E-state index in [1.165, 1.54) is 11.0 Å². The summed E-state index contributed by atoms with van der Waals surface area (Å²) >= 11 is 0. The Morgan fingerprint density at radius 2 is 2.00 bits per heavy atom. The average molecular weight is 306 g/mol. The molecule has 1 aromatic rings. The maximum atomic E-state index is 12.0. The molecule has 0 saturated carbocycles. The van der Waals surface area contributed by atoms with Crippen LogP contribution >= 0.6 is 0 Å². The highest BCUT2D eigenvalue weighted by Crippen LogP contribution is 2.25. The van der Waals surface area contributed by atoms with Crippen LogP contribution in [0.15, 0.2) is 24.3 Å². The zero-order valence-electron chi connectivity index (χ0n) is 13.4. The number of methoxy groups -OCH3 is 2. The summed E-state index contributed by atoms with van der Waals surface area (Å²) in [6.45, 7) is 3.82. The lowest BCUT2D eigenvalue weighted by Gasteiger charge is -2.29. The first-order valence-electron chi connectivity index (χ1n) is 7.39. The van der Waals surface area contributed by atoms with E-state index in [9.17, 15) is 4.79 Å². The molecular formula is C16H24N3O3+. The van der Waals surface area contributed by atoms with Crippen LogP contribution in [0.1, 0.15) is 5.56 Å². The summed E-state index contributed by atoms with van der Waals surface area (Å²) in [5, 5.41) is 1.96. The van der Waals surface area contributed by atoms with Crippen LogP contribution in [0.5, 0.6) is 11.5 Å². The van der Waals surface area contributed by atoms with Crippen LogP contribution < -0.4 is 19.8 Å². The Kier molecular flexibility index (Phi) is 5.80. The van der Waals surface area contributed by atoms with Crippen molar-refractivity contribution < 1.29 is 19.2 Å². The van der Waals surface area contributed by atoms with Gasteiger partial charge in [-0.1, -0.05) is 0 Å². The SMILES string of the molecule is COc1ccc(/C=C/C(=O)NN2CC[NH+](C)CC2)c(OC)c1. The highest BCUT2D eigenvalue weighted by Gasteiger charge is 2.17. The van der Waals surface area contributed by atoms with Crippen molar-refractivity contribution in [3.05, 3.63) is 29.8 Å². The third kappa shape index (κ3) is 4.47. The summed E-state index contributed by atoms with van der Waals surface area (Å²) < 4.78 is 10.5. The summed E-state index contributed by atoms with van der Waals surface area (Å²) in [7, 11) is 5.36. The number of piperazine rings is 1. The Morgan fingerprint density at radius 1 is 1.27 bits per heavy atom. The molecule has 2 N–H and O–H groups in total. The van der Waals surface area contributed by atoms with Crippen LogP contribution in [0, 0.1) is 0 Å². The van der Waals surface area contributed by atoms with Gasteiger partial charge in [0.1, 0.15) is 11.5 Å². The predicted octanol–water partition coefficient (Wildman–Crippen LogP) is -0.421. The second-order valence-electron chi connectivity index (χ2n) is 5.36. The number of ether oxygens (including phenoxy) is 2. The van der Waals surface area contributed by atoms with Crippen molar-refractivity contribution >= 4 is 12.0 Å². The molecule has 1 aliphatic rings. The number of hydrogen-bond donors (Lipinski definition) is 2. The molecule has 1 saturated heterocycles. The molecular weight excluding hydrogens is 282 g/mol. The largest absolute Gasteiger partial charge is 0.497 e. The number of amides is 1. The molecule has 1 aromatic carbocycles. The van der Waals surface area contributed by atoms with Crippen LogP contribution in [0.3, 0.4) is 0 Å². The van der Waals surface area contributed by atoms with E-state index in [0.29, 0.717) is 5.75 Å². The molecule has 120 valence electrons. The Labute approximate surface area is 131 Å². The Morgan fingerprint density at radius 3 is 2.64 bits per heavy atom. The molecule has 0 atom stereocenters. The molecule has 6 heteroatoms. The van der Waals surface area contributed by atoms with Gasteiger partial charge in [-0.25, -0.2) is 5.01 Å². The number of carbonyl (C=O) groups is 1. The number of likely N-dealkylation sites (N-methyl/N-ethyl adjacent to an activating group) is 1. The number of nitrogens with zero attached hydrogens (tertiary/aromatic N) is 1. The van der Waals surface area contributed by atoms with Gasteiger partial charge < -0.3 is 14.4 Å². The number of benzene rings is 1. The molecule has 0 radical (unpaired) electrons. The minimum absolute atomic E-state index is 0.127. The molecule has 1 amide bonds. The van der Waals surface area contributed by atoms with Crippen LogP contribution in [0.25, 0.3) is 6.08 Å². The molecule has 22 heavy (non-hydrogen) atoms. The van der Waals surface area contributed by atoms with Crippen molar-refractivity contribution in [1.82, 2.24) is 10.4 Å². The maximum absolute atomic E-state index is 12.0. The van der Waals surface area contributed by atoms with Crippen molar-refractivity contribution in [1.29, 1.82) is 0 Å². The minimum atomic E-state index is -0.127. The van der Waals surface area contributed by atoms with Crippen molar-refractivity contribution in [3.63, 3.8) is 0 Å². The van der Waals surface area contributed by atoms with Crippen LogP contribution in [0.4, 0.5) is 0 Å². The van der Waals surface area contributed by atoms with E-state index in [1.54, 1.807) is 26.4 Å². The lowest BCUT2D eigenvalue weighted by molar-refractivity contribution is -0.884. The van der Waals surface area contributed by atoms with Gasteiger partial charge in [0.2, 0.25) is 0 Å². The Hall–Kier alpha value is -2.05.